The van der Waals surface area contributed by atoms with Gasteiger partial charge in [-0.1, -0.05) is 44.2 Å². The zero-order valence-electron chi connectivity index (χ0n) is 13.1. The van der Waals surface area contributed by atoms with Crippen LogP contribution in [0.1, 0.15) is 51.6 Å². The van der Waals surface area contributed by atoms with Gasteiger partial charge in [-0.25, -0.2) is 0 Å². The zero-order valence-corrected chi connectivity index (χ0v) is 13.1. The molecule has 4 heteroatoms. The van der Waals surface area contributed by atoms with Crippen LogP contribution in [0.2, 0.25) is 0 Å². The van der Waals surface area contributed by atoms with Crippen LogP contribution in [0.15, 0.2) is 30.3 Å². The molecule has 1 aromatic rings. The minimum Gasteiger partial charge on any atom is -0.370 e. The topological polar surface area (TPSA) is 72.2 Å². The van der Waals surface area contributed by atoms with Crippen molar-refractivity contribution in [3.63, 3.8) is 0 Å². The Morgan fingerprint density at radius 2 is 1.71 bits per heavy atom. The highest BCUT2D eigenvalue weighted by molar-refractivity contribution is 5.78. The van der Waals surface area contributed by atoms with Gasteiger partial charge in [-0.15, -0.1) is 0 Å². The predicted octanol–water partition coefficient (Wildman–Crippen LogP) is 2.79. The van der Waals surface area contributed by atoms with Gasteiger partial charge in [0.05, 0.1) is 6.04 Å². The Balaban J connectivity index is 2.55. The fourth-order valence-electron chi connectivity index (χ4n) is 2.58. The molecule has 0 spiro atoms. The average Bonchev–Trinajstić information content (AvgIpc) is 2.37. The van der Waals surface area contributed by atoms with Crippen molar-refractivity contribution in [3.8, 4) is 0 Å². The van der Waals surface area contributed by atoms with E-state index in [-0.39, 0.29) is 30.2 Å². The molecule has 0 saturated heterocycles. The van der Waals surface area contributed by atoms with E-state index >= 15 is 0 Å². The molecule has 0 radical (unpaired) electrons. The SMILES string of the molecule is CC(C)C[C@@H](CC(N)=O)CC(=O)N[C@H](C)c1ccccc1. The Kier molecular flexibility index (Phi) is 6.92. The van der Waals surface area contributed by atoms with Gasteiger partial charge in [-0.05, 0) is 30.7 Å². The van der Waals surface area contributed by atoms with Crippen molar-refractivity contribution in [1.29, 1.82) is 0 Å². The number of rotatable bonds is 8. The lowest BCUT2D eigenvalue weighted by Gasteiger charge is -2.19. The number of carbonyl (C=O) groups excluding carboxylic acids is 2. The second-order valence-corrected chi connectivity index (χ2v) is 6.07. The maximum Gasteiger partial charge on any atom is 0.220 e. The highest BCUT2D eigenvalue weighted by Gasteiger charge is 2.19. The number of nitrogens with two attached hydrogens (primary N) is 1. The smallest absolute Gasteiger partial charge is 0.220 e. The average molecular weight is 290 g/mol. The van der Waals surface area contributed by atoms with Gasteiger partial charge in [0, 0.05) is 12.8 Å². The van der Waals surface area contributed by atoms with Crippen LogP contribution in [-0.4, -0.2) is 11.8 Å². The first-order chi connectivity index (χ1) is 9.88. The summed E-state index contributed by atoms with van der Waals surface area (Å²) in [5, 5.41) is 2.98. The number of nitrogens with one attached hydrogen (secondary N) is 1. The number of primary amides is 1. The van der Waals surface area contributed by atoms with Crippen molar-refractivity contribution in [2.75, 3.05) is 0 Å². The molecular formula is C17H26N2O2. The third-order valence-electron chi connectivity index (χ3n) is 3.45. The van der Waals surface area contributed by atoms with Crippen molar-refractivity contribution >= 4 is 11.8 Å². The number of benzene rings is 1. The van der Waals surface area contributed by atoms with E-state index in [0.717, 1.165) is 12.0 Å². The van der Waals surface area contributed by atoms with E-state index in [4.69, 9.17) is 5.73 Å². The summed E-state index contributed by atoms with van der Waals surface area (Å²) in [6, 6.07) is 9.79. The lowest BCUT2D eigenvalue weighted by atomic mass is 9.90. The summed E-state index contributed by atoms with van der Waals surface area (Å²) in [5.41, 5.74) is 6.34. The van der Waals surface area contributed by atoms with E-state index in [9.17, 15) is 9.59 Å². The Labute approximate surface area is 127 Å². The maximum atomic E-state index is 12.1. The third-order valence-corrected chi connectivity index (χ3v) is 3.45. The molecule has 0 heterocycles. The quantitative estimate of drug-likeness (QED) is 0.772. The summed E-state index contributed by atoms with van der Waals surface area (Å²) in [5.74, 6) is 0.0852. The molecule has 0 unspecified atom stereocenters. The number of hydrogen-bond acceptors (Lipinski definition) is 2. The first kappa shape index (κ1) is 17.2. The molecule has 116 valence electrons. The molecule has 0 bridgehead atoms. The standard InChI is InChI=1S/C17H26N2O2/c1-12(2)9-14(10-16(18)20)11-17(21)19-13(3)15-7-5-4-6-8-15/h4-8,12-14H,9-11H2,1-3H3,(H2,18,20)(H,19,21)/t13-,14+/m1/s1. The highest BCUT2D eigenvalue weighted by atomic mass is 16.2. The lowest BCUT2D eigenvalue weighted by Crippen LogP contribution is -2.30. The summed E-state index contributed by atoms with van der Waals surface area (Å²) < 4.78 is 0. The summed E-state index contributed by atoms with van der Waals surface area (Å²) >= 11 is 0. The van der Waals surface area contributed by atoms with Crippen LogP contribution in [0, 0.1) is 11.8 Å². The van der Waals surface area contributed by atoms with Crippen LogP contribution < -0.4 is 11.1 Å². The summed E-state index contributed by atoms with van der Waals surface area (Å²) in [6.07, 6.45) is 1.44. The van der Waals surface area contributed by atoms with Gasteiger partial charge in [0.25, 0.3) is 0 Å². The molecular weight excluding hydrogens is 264 g/mol. The second kappa shape index (κ2) is 8.45. The first-order valence-corrected chi connectivity index (χ1v) is 7.51. The van der Waals surface area contributed by atoms with E-state index < -0.39 is 0 Å². The molecule has 21 heavy (non-hydrogen) atoms. The van der Waals surface area contributed by atoms with Gasteiger partial charge in [0.2, 0.25) is 11.8 Å². The molecule has 3 N–H and O–H groups in total. The summed E-state index contributed by atoms with van der Waals surface area (Å²) in [6.45, 7) is 6.12. The molecule has 0 fully saturated rings. The van der Waals surface area contributed by atoms with Crippen LogP contribution in [0.4, 0.5) is 0 Å². The van der Waals surface area contributed by atoms with E-state index in [2.05, 4.69) is 19.2 Å². The van der Waals surface area contributed by atoms with Gasteiger partial charge >= 0.3 is 0 Å². The van der Waals surface area contributed by atoms with E-state index in [1.165, 1.54) is 0 Å². The number of hydrogen-bond donors (Lipinski definition) is 2. The van der Waals surface area contributed by atoms with Crippen LogP contribution in [0.3, 0.4) is 0 Å². The van der Waals surface area contributed by atoms with Gasteiger partial charge in [0.1, 0.15) is 0 Å². The normalized spacial score (nSPS) is 13.7. The zero-order chi connectivity index (χ0) is 15.8. The monoisotopic (exact) mass is 290 g/mol. The minimum absolute atomic E-state index is 0.0190. The molecule has 1 aromatic carbocycles. The Morgan fingerprint density at radius 3 is 2.24 bits per heavy atom. The molecule has 4 nitrogen and oxygen atoms in total. The first-order valence-electron chi connectivity index (χ1n) is 7.51. The van der Waals surface area contributed by atoms with Gasteiger partial charge < -0.3 is 11.1 Å². The Morgan fingerprint density at radius 1 is 1.10 bits per heavy atom. The minimum atomic E-state index is -0.343. The van der Waals surface area contributed by atoms with Crippen LogP contribution in [0.5, 0.6) is 0 Å². The van der Waals surface area contributed by atoms with Gasteiger partial charge in [-0.2, -0.15) is 0 Å². The van der Waals surface area contributed by atoms with Crippen LogP contribution >= 0.6 is 0 Å². The van der Waals surface area contributed by atoms with Crippen LogP contribution in [0.25, 0.3) is 0 Å². The summed E-state index contributed by atoms with van der Waals surface area (Å²) in [4.78, 5) is 23.2. The van der Waals surface area contributed by atoms with E-state index in [0.29, 0.717) is 12.3 Å². The summed E-state index contributed by atoms with van der Waals surface area (Å²) in [7, 11) is 0. The number of carbonyl (C=O) groups is 2. The third kappa shape index (κ3) is 6.93. The molecule has 0 aliphatic heterocycles. The van der Waals surface area contributed by atoms with Crippen molar-refractivity contribution in [1.82, 2.24) is 5.32 Å². The molecule has 0 aliphatic carbocycles. The molecule has 0 saturated carbocycles. The largest absolute Gasteiger partial charge is 0.370 e. The van der Waals surface area contributed by atoms with Gasteiger partial charge in [-0.3, -0.25) is 9.59 Å². The van der Waals surface area contributed by atoms with Crippen molar-refractivity contribution in [3.05, 3.63) is 35.9 Å². The molecule has 0 aliphatic rings. The van der Waals surface area contributed by atoms with Crippen LogP contribution in [-0.2, 0) is 9.59 Å². The molecule has 1 rings (SSSR count). The fraction of sp³-hybridized carbons (Fsp3) is 0.529. The molecule has 0 aromatic heterocycles. The van der Waals surface area contributed by atoms with Crippen molar-refractivity contribution in [2.24, 2.45) is 17.6 Å². The van der Waals surface area contributed by atoms with Crippen molar-refractivity contribution in [2.45, 2.75) is 46.1 Å². The van der Waals surface area contributed by atoms with E-state index in [1.807, 2.05) is 37.3 Å². The molecule has 2 atom stereocenters. The fourth-order valence-corrected chi connectivity index (χ4v) is 2.58. The molecule has 2 amide bonds. The number of amides is 2. The van der Waals surface area contributed by atoms with Gasteiger partial charge in [0.15, 0.2) is 0 Å². The maximum absolute atomic E-state index is 12.1. The highest BCUT2D eigenvalue weighted by Crippen LogP contribution is 2.20. The lowest BCUT2D eigenvalue weighted by molar-refractivity contribution is -0.123. The van der Waals surface area contributed by atoms with Crippen molar-refractivity contribution < 1.29 is 9.59 Å². The van der Waals surface area contributed by atoms with E-state index in [1.54, 1.807) is 0 Å². The Hall–Kier alpha value is -1.84. The predicted molar refractivity (Wildman–Crippen MR) is 84.4 cm³/mol. The Bertz CT molecular complexity index is 457. The second-order valence-electron chi connectivity index (χ2n) is 6.07.